The predicted molar refractivity (Wildman–Crippen MR) is 121 cm³/mol. The summed E-state index contributed by atoms with van der Waals surface area (Å²) in [7, 11) is 0. The molecule has 0 unspecified atom stereocenters. The number of rotatable bonds is 6. The van der Waals surface area contributed by atoms with Crippen LogP contribution < -0.4 is 10.6 Å². The number of anilines is 2. The smallest absolute Gasteiger partial charge is 0.224 e. The Bertz CT molecular complexity index is 1080. The molecule has 0 atom stereocenters. The molecule has 0 spiro atoms. The van der Waals surface area contributed by atoms with Crippen molar-refractivity contribution in [3.63, 3.8) is 0 Å². The number of carbonyl (C=O) groups excluding carboxylic acids is 1. The number of fused-ring (bicyclic) bond motifs is 1. The maximum Gasteiger partial charge on any atom is 0.224 e. The monoisotopic (exact) mass is 407 g/mol. The zero-order chi connectivity index (χ0) is 20.8. The summed E-state index contributed by atoms with van der Waals surface area (Å²) >= 11 is 1.54. The van der Waals surface area contributed by atoms with E-state index in [1.807, 2.05) is 37.3 Å². The van der Waals surface area contributed by atoms with E-state index in [0.29, 0.717) is 24.4 Å². The highest BCUT2D eigenvalue weighted by Crippen LogP contribution is 2.30. The standard InChI is InChI=1S/C23H25N3O2S/c1-15(2)9-10-22(28)26-19-8-4-7-18(14-19)24-11-5-6-17-12-20(27)23-21(13-17)29-16(3)25-23/h4,7-8,12-15,24,27H,9-11H2,1-3H3,(H,26,28). The summed E-state index contributed by atoms with van der Waals surface area (Å²) in [5, 5.41) is 17.2. The molecule has 2 aromatic carbocycles. The van der Waals surface area contributed by atoms with Gasteiger partial charge in [0.1, 0.15) is 11.3 Å². The number of nitrogens with one attached hydrogen (secondary N) is 2. The van der Waals surface area contributed by atoms with E-state index in [2.05, 4.69) is 41.3 Å². The molecule has 0 saturated heterocycles. The van der Waals surface area contributed by atoms with Crippen molar-refractivity contribution in [1.29, 1.82) is 0 Å². The van der Waals surface area contributed by atoms with Crippen LogP contribution in [0.5, 0.6) is 5.75 Å². The van der Waals surface area contributed by atoms with Crippen LogP contribution in [-0.2, 0) is 4.79 Å². The van der Waals surface area contributed by atoms with Crippen molar-refractivity contribution in [2.24, 2.45) is 5.92 Å². The number of hydrogen-bond acceptors (Lipinski definition) is 5. The quantitative estimate of drug-likeness (QED) is 0.494. The molecular formula is C23H25N3O2S. The van der Waals surface area contributed by atoms with Crippen LogP contribution in [-0.4, -0.2) is 22.5 Å². The Balaban J connectivity index is 1.58. The van der Waals surface area contributed by atoms with Crippen molar-refractivity contribution in [3.8, 4) is 17.6 Å². The van der Waals surface area contributed by atoms with Crippen LogP contribution in [0, 0.1) is 24.7 Å². The second-order valence-corrected chi connectivity index (χ2v) is 8.53. The predicted octanol–water partition coefficient (Wildman–Crippen LogP) is 5.15. The molecule has 1 aromatic heterocycles. The Morgan fingerprint density at radius 2 is 2.03 bits per heavy atom. The number of aromatic nitrogens is 1. The molecule has 0 radical (unpaired) electrons. The maximum atomic E-state index is 12.0. The molecule has 3 N–H and O–H groups in total. The van der Waals surface area contributed by atoms with Gasteiger partial charge < -0.3 is 15.7 Å². The summed E-state index contributed by atoms with van der Waals surface area (Å²) in [6.45, 7) is 6.58. The number of nitrogens with zero attached hydrogens (tertiary/aromatic N) is 1. The van der Waals surface area contributed by atoms with Crippen molar-refractivity contribution in [3.05, 3.63) is 47.0 Å². The van der Waals surface area contributed by atoms with E-state index in [1.165, 1.54) is 11.3 Å². The van der Waals surface area contributed by atoms with E-state index in [0.717, 1.165) is 33.1 Å². The number of aryl methyl sites for hydroxylation is 1. The topological polar surface area (TPSA) is 74.2 Å². The van der Waals surface area contributed by atoms with Gasteiger partial charge in [0.05, 0.1) is 16.3 Å². The third kappa shape index (κ3) is 5.97. The third-order valence-electron chi connectivity index (χ3n) is 4.29. The van der Waals surface area contributed by atoms with Gasteiger partial charge in [0.15, 0.2) is 0 Å². The Morgan fingerprint density at radius 1 is 1.24 bits per heavy atom. The first-order chi connectivity index (χ1) is 13.9. The van der Waals surface area contributed by atoms with Crippen molar-refractivity contribution in [1.82, 2.24) is 4.98 Å². The van der Waals surface area contributed by atoms with Gasteiger partial charge in [0, 0.05) is 23.4 Å². The van der Waals surface area contributed by atoms with Crippen LogP contribution in [0.3, 0.4) is 0 Å². The van der Waals surface area contributed by atoms with Crippen molar-refractivity contribution < 1.29 is 9.90 Å². The van der Waals surface area contributed by atoms with Crippen molar-refractivity contribution >= 4 is 38.8 Å². The Hall–Kier alpha value is -3.04. The van der Waals surface area contributed by atoms with Gasteiger partial charge in [-0.05, 0) is 49.6 Å². The highest BCUT2D eigenvalue weighted by molar-refractivity contribution is 7.18. The first-order valence-corrected chi connectivity index (χ1v) is 10.4. The minimum absolute atomic E-state index is 0.0316. The van der Waals surface area contributed by atoms with Crippen LogP contribution >= 0.6 is 11.3 Å². The van der Waals surface area contributed by atoms with E-state index in [4.69, 9.17) is 0 Å². The molecule has 6 heteroatoms. The van der Waals surface area contributed by atoms with Gasteiger partial charge in [-0.3, -0.25) is 4.79 Å². The molecule has 0 aliphatic rings. The average Bonchev–Trinajstić information content (AvgIpc) is 3.05. The molecule has 0 fully saturated rings. The highest BCUT2D eigenvalue weighted by Gasteiger charge is 2.07. The van der Waals surface area contributed by atoms with Gasteiger partial charge in [0.2, 0.25) is 5.91 Å². The lowest BCUT2D eigenvalue weighted by Gasteiger charge is -2.09. The van der Waals surface area contributed by atoms with E-state index < -0.39 is 0 Å². The number of amides is 1. The summed E-state index contributed by atoms with van der Waals surface area (Å²) in [4.78, 5) is 16.3. The van der Waals surface area contributed by atoms with Gasteiger partial charge in [-0.1, -0.05) is 31.8 Å². The Labute approximate surface area is 175 Å². The highest BCUT2D eigenvalue weighted by atomic mass is 32.1. The molecule has 29 heavy (non-hydrogen) atoms. The normalized spacial score (nSPS) is 10.6. The lowest BCUT2D eigenvalue weighted by atomic mass is 10.1. The van der Waals surface area contributed by atoms with Crippen LogP contribution in [0.15, 0.2) is 36.4 Å². The van der Waals surface area contributed by atoms with Crippen molar-refractivity contribution in [2.75, 3.05) is 17.2 Å². The van der Waals surface area contributed by atoms with Crippen LogP contribution in [0.4, 0.5) is 11.4 Å². The SMILES string of the molecule is Cc1nc2c(O)cc(C#CCNc3cccc(NC(=O)CCC(C)C)c3)cc2s1. The lowest BCUT2D eigenvalue weighted by molar-refractivity contribution is -0.116. The molecular weight excluding hydrogens is 382 g/mol. The van der Waals surface area contributed by atoms with Crippen LogP contribution in [0.25, 0.3) is 10.2 Å². The Morgan fingerprint density at radius 3 is 2.83 bits per heavy atom. The fourth-order valence-corrected chi connectivity index (χ4v) is 3.73. The number of aromatic hydroxyl groups is 1. The summed E-state index contributed by atoms with van der Waals surface area (Å²) in [6.07, 6.45) is 1.40. The number of phenols is 1. The fraction of sp³-hybridized carbons (Fsp3) is 0.304. The van der Waals surface area contributed by atoms with E-state index in [1.54, 1.807) is 6.07 Å². The summed E-state index contributed by atoms with van der Waals surface area (Å²) in [6, 6.07) is 11.2. The Kier molecular flexibility index (Phi) is 6.73. The number of thiazole rings is 1. The van der Waals surface area contributed by atoms with Gasteiger partial charge in [-0.2, -0.15) is 0 Å². The zero-order valence-electron chi connectivity index (χ0n) is 16.9. The lowest BCUT2D eigenvalue weighted by Crippen LogP contribution is -2.12. The molecule has 150 valence electrons. The summed E-state index contributed by atoms with van der Waals surface area (Å²) in [5.74, 6) is 6.83. The maximum absolute atomic E-state index is 12.0. The molecule has 3 aromatic rings. The van der Waals surface area contributed by atoms with Crippen LogP contribution in [0.2, 0.25) is 0 Å². The molecule has 0 aliphatic carbocycles. The second kappa shape index (κ2) is 9.44. The molecule has 5 nitrogen and oxygen atoms in total. The third-order valence-corrected chi connectivity index (χ3v) is 5.21. The van der Waals surface area contributed by atoms with E-state index in [-0.39, 0.29) is 11.7 Å². The molecule has 0 bridgehead atoms. The molecule has 1 heterocycles. The number of phenolic OH excluding ortho intramolecular Hbond substituents is 1. The molecule has 3 rings (SSSR count). The summed E-state index contributed by atoms with van der Waals surface area (Å²) in [5.41, 5.74) is 3.04. The van der Waals surface area contributed by atoms with Gasteiger partial charge in [-0.15, -0.1) is 11.3 Å². The summed E-state index contributed by atoms with van der Waals surface area (Å²) < 4.78 is 0.931. The van der Waals surface area contributed by atoms with E-state index in [9.17, 15) is 9.90 Å². The first-order valence-electron chi connectivity index (χ1n) is 9.63. The average molecular weight is 408 g/mol. The minimum atomic E-state index is 0.0316. The first kappa shape index (κ1) is 20.7. The van der Waals surface area contributed by atoms with Crippen LogP contribution in [0.1, 0.15) is 37.3 Å². The van der Waals surface area contributed by atoms with E-state index >= 15 is 0 Å². The number of hydrogen-bond donors (Lipinski definition) is 3. The number of carbonyl (C=O) groups is 1. The van der Waals surface area contributed by atoms with Gasteiger partial charge >= 0.3 is 0 Å². The molecule has 0 saturated carbocycles. The minimum Gasteiger partial charge on any atom is -0.506 e. The molecule has 0 aliphatic heterocycles. The van der Waals surface area contributed by atoms with Gasteiger partial charge in [-0.25, -0.2) is 4.98 Å². The second-order valence-electron chi connectivity index (χ2n) is 7.29. The number of benzene rings is 2. The zero-order valence-corrected chi connectivity index (χ0v) is 17.7. The fourth-order valence-electron chi connectivity index (χ4n) is 2.84. The van der Waals surface area contributed by atoms with Crippen molar-refractivity contribution in [2.45, 2.75) is 33.6 Å². The largest absolute Gasteiger partial charge is 0.506 e. The van der Waals surface area contributed by atoms with Gasteiger partial charge in [0.25, 0.3) is 0 Å². The molecule has 1 amide bonds.